The van der Waals surface area contributed by atoms with E-state index in [9.17, 15) is 9.59 Å². The van der Waals surface area contributed by atoms with Crippen molar-refractivity contribution in [3.8, 4) is 0 Å². The van der Waals surface area contributed by atoms with Crippen LogP contribution in [-0.4, -0.2) is 26.2 Å². The van der Waals surface area contributed by atoms with Gasteiger partial charge in [0.1, 0.15) is 0 Å². The van der Waals surface area contributed by atoms with Crippen LogP contribution in [0.15, 0.2) is 22.3 Å². The monoisotopic (exact) mass is 316 g/mol. The van der Waals surface area contributed by atoms with Crippen molar-refractivity contribution < 1.29 is 19.1 Å². The van der Waals surface area contributed by atoms with Crippen molar-refractivity contribution in [3.63, 3.8) is 0 Å². The molecular weight excluding hydrogens is 292 g/mol. The maximum absolute atomic E-state index is 12.5. The molecule has 0 heterocycles. The topological polar surface area (TPSA) is 52.6 Å². The van der Waals surface area contributed by atoms with E-state index in [1.54, 1.807) is 0 Å². The van der Waals surface area contributed by atoms with Gasteiger partial charge in [-0.15, -0.1) is 0 Å². The first kappa shape index (κ1) is 15.0. The molecule has 0 radical (unpaired) electrons. The average molecular weight is 316 g/mol. The minimum atomic E-state index is -0.402. The number of rotatable bonds is 2. The van der Waals surface area contributed by atoms with Crippen molar-refractivity contribution >= 4 is 11.9 Å². The minimum Gasteiger partial charge on any atom is -0.469 e. The van der Waals surface area contributed by atoms with Gasteiger partial charge in [0.2, 0.25) is 0 Å². The second kappa shape index (κ2) is 4.96. The fourth-order valence-corrected chi connectivity index (χ4v) is 6.06. The van der Waals surface area contributed by atoms with Gasteiger partial charge in [0.15, 0.2) is 0 Å². The highest BCUT2D eigenvalue weighted by Gasteiger charge is 2.65. The summed E-state index contributed by atoms with van der Waals surface area (Å²) in [5.74, 6) is 0.0525. The Hall–Kier alpha value is -1.58. The summed E-state index contributed by atoms with van der Waals surface area (Å²) in [5.41, 5.74) is 5.52. The number of methoxy groups -OCH3 is 2. The van der Waals surface area contributed by atoms with Gasteiger partial charge >= 0.3 is 11.9 Å². The summed E-state index contributed by atoms with van der Waals surface area (Å²) in [4.78, 5) is 25.0. The Morgan fingerprint density at radius 3 is 1.65 bits per heavy atom. The van der Waals surface area contributed by atoms with Crippen molar-refractivity contribution in [2.45, 2.75) is 33.1 Å². The van der Waals surface area contributed by atoms with Crippen LogP contribution in [0.2, 0.25) is 0 Å². The Labute approximate surface area is 136 Å². The standard InChI is InChI=1S/C19H24O4/c1-8(2)11-14-12-9-5-6-10(7-9)13(12)15(11)17(19(21)23-4)16(14)18(20)22-3/h9-10,14-17H,5-7H2,1-4H3/t9-,10+,14+,15-,16+,17-. The molecule has 0 amide bonds. The fourth-order valence-electron chi connectivity index (χ4n) is 6.06. The number of carbonyl (C=O) groups excluding carboxylic acids is 2. The molecule has 4 bridgehead atoms. The molecule has 23 heavy (non-hydrogen) atoms. The van der Waals surface area contributed by atoms with Crippen molar-refractivity contribution in [3.05, 3.63) is 22.3 Å². The largest absolute Gasteiger partial charge is 0.469 e. The lowest BCUT2D eigenvalue weighted by atomic mass is 9.71. The molecule has 4 nitrogen and oxygen atoms in total. The van der Waals surface area contributed by atoms with E-state index in [2.05, 4.69) is 13.8 Å². The molecule has 0 aromatic heterocycles. The highest BCUT2D eigenvalue weighted by atomic mass is 16.5. The van der Waals surface area contributed by atoms with Crippen LogP contribution in [-0.2, 0) is 19.1 Å². The molecule has 124 valence electrons. The Morgan fingerprint density at radius 1 is 0.870 bits per heavy atom. The second-order valence-corrected chi connectivity index (χ2v) is 7.63. The predicted molar refractivity (Wildman–Crippen MR) is 84.2 cm³/mol. The molecule has 0 aromatic rings. The lowest BCUT2D eigenvalue weighted by Gasteiger charge is -2.32. The van der Waals surface area contributed by atoms with Crippen molar-refractivity contribution in [1.29, 1.82) is 0 Å². The van der Waals surface area contributed by atoms with E-state index in [0.717, 1.165) is 0 Å². The van der Waals surface area contributed by atoms with Crippen LogP contribution in [0.5, 0.6) is 0 Å². The maximum Gasteiger partial charge on any atom is 0.310 e. The molecule has 0 unspecified atom stereocenters. The first-order valence-electron chi connectivity index (χ1n) is 8.58. The van der Waals surface area contributed by atoms with Crippen LogP contribution in [0.25, 0.3) is 0 Å². The number of hydrogen-bond donors (Lipinski definition) is 0. The SMILES string of the molecule is COC(=O)[C@@H]1[C@H]2C3=C([C@@H]4CC[C@H]3C4)[C@H](C2=C(C)C)[C@@H]1C(=O)OC. The molecular formula is C19H24O4. The zero-order valence-electron chi connectivity index (χ0n) is 14.2. The fraction of sp³-hybridized carbons (Fsp3) is 0.684. The van der Waals surface area contributed by atoms with Gasteiger partial charge in [-0.1, -0.05) is 22.3 Å². The first-order chi connectivity index (χ1) is 11.0. The second-order valence-electron chi connectivity index (χ2n) is 7.63. The predicted octanol–water partition coefficient (Wildman–Crippen LogP) is 2.89. The lowest BCUT2D eigenvalue weighted by molar-refractivity contribution is -0.158. The van der Waals surface area contributed by atoms with Crippen LogP contribution in [0.3, 0.4) is 0 Å². The summed E-state index contributed by atoms with van der Waals surface area (Å²) >= 11 is 0. The molecule has 0 aliphatic heterocycles. The third-order valence-corrected chi connectivity index (χ3v) is 6.62. The molecule has 4 rings (SSSR count). The van der Waals surface area contributed by atoms with Gasteiger partial charge < -0.3 is 9.47 Å². The summed E-state index contributed by atoms with van der Waals surface area (Å²) in [6, 6.07) is 0. The summed E-state index contributed by atoms with van der Waals surface area (Å²) < 4.78 is 10.2. The van der Waals surface area contributed by atoms with Gasteiger partial charge in [0.25, 0.3) is 0 Å². The van der Waals surface area contributed by atoms with Gasteiger partial charge in [0, 0.05) is 11.8 Å². The molecule has 0 saturated heterocycles. The van der Waals surface area contributed by atoms with E-state index in [1.807, 2.05) is 0 Å². The van der Waals surface area contributed by atoms with Gasteiger partial charge in [-0.2, -0.15) is 0 Å². The van der Waals surface area contributed by atoms with E-state index < -0.39 is 11.8 Å². The highest BCUT2D eigenvalue weighted by Crippen LogP contribution is 2.69. The van der Waals surface area contributed by atoms with Crippen molar-refractivity contribution in [1.82, 2.24) is 0 Å². The Bertz CT molecular complexity index is 604. The Balaban J connectivity index is 1.90. The third kappa shape index (κ3) is 1.72. The smallest absolute Gasteiger partial charge is 0.310 e. The molecule has 4 aliphatic rings. The van der Waals surface area contributed by atoms with Crippen LogP contribution in [0, 0.1) is 35.5 Å². The van der Waals surface area contributed by atoms with Crippen molar-refractivity contribution in [2.75, 3.05) is 14.2 Å². The van der Waals surface area contributed by atoms with Crippen LogP contribution in [0.1, 0.15) is 33.1 Å². The van der Waals surface area contributed by atoms with E-state index in [1.165, 1.54) is 55.8 Å². The molecule has 2 saturated carbocycles. The van der Waals surface area contributed by atoms with Gasteiger partial charge in [-0.05, 0) is 44.9 Å². The number of allylic oxidation sites excluding steroid dienone is 4. The third-order valence-electron chi connectivity index (χ3n) is 6.62. The quantitative estimate of drug-likeness (QED) is 0.446. The molecule has 4 aliphatic carbocycles. The number of hydrogen-bond acceptors (Lipinski definition) is 4. The average Bonchev–Trinajstić information content (AvgIpc) is 3.27. The summed E-state index contributed by atoms with van der Waals surface area (Å²) in [7, 11) is 2.84. The normalized spacial score (nSPS) is 39.7. The van der Waals surface area contributed by atoms with Gasteiger partial charge in [-0.3, -0.25) is 9.59 Å². The Kier molecular flexibility index (Phi) is 3.23. The molecule has 0 spiro atoms. The molecule has 2 fully saturated rings. The van der Waals surface area contributed by atoms with Gasteiger partial charge in [0.05, 0.1) is 26.1 Å². The number of carbonyl (C=O) groups is 2. The van der Waals surface area contributed by atoms with E-state index >= 15 is 0 Å². The summed E-state index contributed by atoms with van der Waals surface area (Å²) in [5, 5.41) is 0. The van der Waals surface area contributed by atoms with E-state index in [4.69, 9.17) is 9.47 Å². The van der Waals surface area contributed by atoms with Crippen molar-refractivity contribution in [2.24, 2.45) is 35.5 Å². The molecule has 0 N–H and O–H groups in total. The zero-order valence-corrected chi connectivity index (χ0v) is 14.2. The highest BCUT2D eigenvalue weighted by molar-refractivity contribution is 5.87. The molecule has 0 aromatic carbocycles. The van der Waals surface area contributed by atoms with E-state index in [-0.39, 0.29) is 23.8 Å². The summed E-state index contributed by atoms with van der Waals surface area (Å²) in [6.07, 6.45) is 3.69. The lowest BCUT2D eigenvalue weighted by Crippen LogP contribution is -2.38. The van der Waals surface area contributed by atoms with E-state index in [0.29, 0.717) is 11.8 Å². The van der Waals surface area contributed by atoms with Crippen LogP contribution in [0.4, 0.5) is 0 Å². The number of fused-ring (bicyclic) bond motifs is 8. The minimum absolute atomic E-state index is 0.0758. The maximum atomic E-state index is 12.5. The Morgan fingerprint density at radius 2 is 1.30 bits per heavy atom. The zero-order chi connectivity index (χ0) is 16.5. The number of ether oxygens (including phenoxy) is 2. The summed E-state index contributed by atoms with van der Waals surface area (Å²) in [6.45, 7) is 4.21. The first-order valence-corrected chi connectivity index (χ1v) is 8.58. The van der Waals surface area contributed by atoms with Crippen LogP contribution < -0.4 is 0 Å². The number of esters is 2. The van der Waals surface area contributed by atoms with Crippen LogP contribution >= 0.6 is 0 Å². The molecule has 4 heteroatoms. The van der Waals surface area contributed by atoms with Gasteiger partial charge in [-0.25, -0.2) is 0 Å². The molecule has 6 atom stereocenters.